The summed E-state index contributed by atoms with van der Waals surface area (Å²) in [6.07, 6.45) is 1.65. The van der Waals surface area contributed by atoms with Gasteiger partial charge < -0.3 is 4.42 Å². The second-order valence-corrected chi connectivity index (χ2v) is 8.20. The van der Waals surface area contributed by atoms with E-state index in [0.717, 1.165) is 26.7 Å². The van der Waals surface area contributed by atoms with Crippen LogP contribution in [0.4, 0.5) is 0 Å². The highest BCUT2D eigenvalue weighted by molar-refractivity contribution is 9.10. The summed E-state index contributed by atoms with van der Waals surface area (Å²) in [6, 6.07) is 13.0. The molecule has 5 nitrogen and oxygen atoms in total. The molecule has 4 rings (SSSR count). The van der Waals surface area contributed by atoms with Crippen molar-refractivity contribution in [3.8, 4) is 5.69 Å². The van der Waals surface area contributed by atoms with Crippen molar-refractivity contribution < 1.29 is 4.42 Å². The van der Waals surface area contributed by atoms with Crippen LogP contribution in [0.2, 0.25) is 5.02 Å². The van der Waals surface area contributed by atoms with Gasteiger partial charge in [0.2, 0.25) is 0 Å². The molecule has 0 radical (unpaired) electrons. The molecular weight excluding hydrogens is 450 g/mol. The second-order valence-electron chi connectivity index (χ2n) is 5.94. The topological polar surface area (TPSA) is 60.9 Å². The average Bonchev–Trinajstić information content (AvgIpc) is 3.10. The first-order valence-corrected chi connectivity index (χ1v) is 10.2. The predicted octanol–water partition coefficient (Wildman–Crippen LogP) is 5.39. The van der Waals surface area contributed by atoms with Crippen LogP contribution in [0.25, 0.3) is 16.7 Å². The normalized spacial score (nSPS) is 11.2. The van der Waals surface area contributed by atoms with Crippen molar-refractivity contribution in [2.75, 3.05) is 0 Å². The zero-order valence-electron chi connectivity index (χ0n) is 14.1. The van der Waals surface area contributed by atoms with Gasteiger partial charge in [0.25, 0.3) is 0 Å². The lowest BCUT2D eigenvalue weighted by Crippen LogP contribution is -2.01. The Kier molecular flexibility index (Phi) is 5.08. The Labute approximate surface area is 172 Å². The number of halogens is 2. The molecule has 0 aliphatic carbocycles. The Balaban J connectivity index is 1.66. The first kappa shape index (κ1) is 18.3. The van der Waals surface area contributed by atoms with Gasteiger partial charge in [-0.3, -0.25) is 4.57 Å². The summed E-state index contributed by atoms with van der Waals surface area (Å²) in [4.78, 5) is 11.9. The molecule has 0 aliphatic rings. The van der Waals surface area contributed by atoms with E-state index in [1.807, 2.05) is 41.8 Å². The molecule has 0 spiro atoms. The second kappa shape index (κ2) is 7.50. The minimum atomic E-state index is -0.372. The maximum atomic E-state index is 11.9. The maximum Gasteiger partial charge on any atom is 0.336 e. The van der Waals surface area contributed by atoms with E-state index in [2.05, 4.69) is 26.1 Å². The summed E-state index contributed by atoms with van der Waals surface area (Å²) in [5.74, 6) is 0.558. The lowest BCUT2D eigenvalue weighted by Gasteiger charge is -2.09. The van der Waals surface area contributed by atoms with Crippen LogP contribution in [-0.4, -0.2) is 14.8 Å². The number of nitrogens with zero attached hydrogens (tertiary/aromatic N) is 3. The Morgan fingerprint density at radius 2 is 2.07 bits per heavy atom. The van der Waals surface area contributed by atoms with E-state index in [1.54, 1.807) is 12.4 Å². The van der Waals surface area contributed by atoms with Gasteiger partial charge in [-0.25, -0.2) is 4.79 Å². The monoisotopic (exact) mass is 461 g/mol. The van der Waals surface area contributed by atoms with Crippen molar-refractivity contribution in [2.24, 2.45) is 0 Å². The molecule has 4 aromatic rings. The number of rotatable bonds is 4. The molecule has 0 amide bonds. The van der Waals surface area contributed by atoms with Gasteiger partial charge in [0.05, 0.1) is 5.69 Å². The summed E-state index contributed by atoms with van der Waals surface area (Å²) in [5.41, 5.74) is 2.97. The van der Waals surface area contributed by atoms with Crippen LogP contribution in [0, 0.1) is 6.92 Å². The maximum absolute atomic E-state index is 11.9. The van der Waals surface area contributed by atoms with Gasteiger partial charge in [0.1, 0.15) is 11.9 Å². The van der Waals surface area contributed by atoms with Crippen molar-refractivity contribution in [3.63, 3.8) is 0 Å². The molecule has 0 atom stereocenters. The van der Waals surface area contributed by atoms with Crippen LogP contribution in [-0.2, 0) is 5.75 Å². The third kappa shape index (κ3) is 3.81. The quantitative estimate of drug-likeness (QED) is 0.300. The van der Waals surface area contributed by atoms with Crippen molar-refractivity contribution in [3.05, 3.63) is 79.8 Å². The molecule has 0 unspecified atom stereocenters. The fourth-order valence-corrected chi connectivity index (χ4v) is 4.13. The first-order chi connectivity index (χ1) is 13.0. The van der Waals surface area contributed by atoms with Gasteiger partial charge in [0.15, 0.2) is 5.16 Å². The molecular formula is C19H13BrClN3O2S. The van der Waals surface area contributed by atoms with E-state index in [4.69, 9.17) is 16.0 Å². The number of hydrogen-bond donors (Lipinski definition) is 0. The Hall–Kier alpha value is -2.09. The Morgan fingerprint density at radius 3 is 2.89 bits per heavy atom. The molecule has 2 aromatic heterocycles. The minimum absolute atomic E-state index is 0.372. The van der Waals surface area contributed by atoms with E-state index < -0.39 is 0 Å². The van der Waals surface area contributed by atoms with Gasteiger partial charge in [-0.15, -0.1) is 10.2 Å². The highest BCUT2D eigenvalue weighted by Gasteiger charge is 2.12. The van der Waals surface area contributed by atoms with E-state index in [9.17, 15) is 4.79 Å². The van der Waals surface area contributed by atoms with Crippen LogP contribution >= 0.6 is 39.3 Å². The van der Waals surface area contributed by atoms with Crippen molar-refractivity contribution in [2.45, 2.75) is 17.8 Å². The lowest BCUT2D eigenvalue weighted by atomic mass is 10.1. The molecule has 0 bridgehead atoms. The highest BCUT2D eigenvalue weighted by Crippen LogP contribution is 2.29. The molecule has 2 heterocycles. The molecule has 0 N–H and O–H groups in total. The molecule has 136 valence electrons. The number of aromatic nitrogens is 3. The van der Waals surface area contributed by atoms with Crippen molar-refractivity contribution >= 4 is 50.3 Å². The Bertz CT molecular complexity index is 1210. The zero-order chi connectivity index (χ0) is 19.0. The highest BCUT2D eigenvalue weighted by atomic mass is 79.9. The SMILES string of the molecule is Cc1ccc(-n2cnnc2SCc2cc(=O)oc3cc(Br)ccc23)cc1Cl. The molecule has 0 saturated carbocycles. The zero-order valence-corrected chi connectivity index (χ0v) is 17.3. The summed E-state index contributed by atoms with van der Waals surface area (Å²) in [5, 5.41) is 10.5. The van der Waals surface area contributed by atoms with Crippen LogP contribution in [0.15, 0.2) is 67.6 Å². The van der Waals surface area contributed by atoms with Crippen LogP contribution < -0.4 is 5.63 Å². The molecule has 27 heavy (non-hydrogen) atoms. The predicted molar refractivity (Wildman–Crippen MR) is 111 cm³/mol. The largest absolute Gasteiger partial charge is 0.423 e. The molecule has 2 aromatic carbocycles. The fourth-order valence-electron chi connectivity index (χ4n) is 2.70. The smallest absolute Gasteiger partial charge is 0.336 e. The van der Waals surface area contributed by atoms with Gasteiger partial charge in [-0.05, 0) is 48.4 Å². The number of aryl methyl sites for hydroxylation is 1. The van der Waals surface area contributed by atoms with Gasteiger partial charge >= 0.3 is 5.63 Å². The Morgan fingerprint density at radius 1 is 1.22 bits per heavy atom. The molecule has 0 fully saturated rings. The van der Waals surface area contributed by atoms with E-state index >= 15 is 0 Å². The van der Waals surface area contributed by atoms with Gasteiger partial charge in [-0.2, -0.15) is 0 Å². The van der Waals surface area contributed by atoms with E-state index in [0.29, 0.717) is 21.5 Å². The summed E-state index contributed by atoms with van der Waals surface area (Å²) in [6.45, 7) is 1.96. The van der Waals surface area contributed by atoms with Crippen molar-refractivity contribution in [1.29, 1.82) is 0 Å². The van der Waals surface area contributed by atoms with Crippen molar-refractivity contribution in [1.82, 2.24) is 14.8 Å². The lowest BCUT2D eigenvalue weighted by molar-refractivity contribution is 0.559. The minimum Gasteiger partial charge on any atom is -0.423 e. The molecule has 0 saturated heterocycles. The standard InChI is InChI=1S/C19H13BrClN3O2S/c1-11-2-4-14(8-16(11)21)24-10-22-23-19(24)27-9-12-6-18(25)26-17-7-13(20)3-5-15(12)17/h2-8,10H,9H2,1H3. The number of benzene rings is 2. The van der Waals surface area contributed by atoms with E-state index in [-0.39, 0.29) is 5.63 Å². The molecule has 8 heteroatoms. The van der Waals surface area contributed by atoms with Gasteiger partial charge in [0, 0.05) is 26.7 Å². The molecule has 0 aliphatic heterocycles. The fraction of sp³-hybridized carbons (Fsp3) is 0.105. The average molecular weight is 463 g/mol. The number of fused-ring (bicyclic) bond motifs is 1. The van der Waals surface area contributed by atoms with Crippen LogP contribution in [0.3, 0.4) is 0 Å². The third-order valence-electron chi connectivity index (χ3n) is 4.10. The summed E-state index contributed by atoms with van der Waals surface area (Å²) in [7, 11) is 0. The summed E-state index contributed by atoms with van der Waals surface area (Å²) < 4.78 is 8.03. The summed E-state index contributed by atoms with van der Waals surface area (Å²) >= 11 is 11.1. The van der Waals surface area contributed by atoms with Crippen LogP contribution in [0.5, 0.6) is 0 Å². The third-order valence-corrected chi connectivity index (χ3v) is 5.99. The number of hydrogen-bond acceptors (Lipinski definition) is 5. The number of thioether (sulfide) groups is 1. The van der Waals surface area contributed by atoms with Gasteiger partial charge in [-0.1, -0.05) is 45.4 Å². The first-order valence-electron chi connectivity index (χ1n) is 8.03. The van der Waals surface area contributed by atoms with Crippen LogP contribution in [0.1, 0.15) is 11.1 Å². The van der Waals surface area contributed by atoms with E-state index in [1.165, 1.54) is 17.8 Å².